The fourth-order valence-corrected chi connectivity index (χ4v) is 6.46. The number of aromatic hydroxyl groups is 1. The highest BCUT2D eigenvalue weighted by atomic mass is 19.1. The number of hydrogen-bond donors (Lipinski definition) is 3. The van der Waals surface area contributed by atoms with Gasteiger partial charge in [0.1, 0.15) is 29.5 Å². The lowest BCUT2D eigenvalue weighted by molar-refractivity contribution is 0.147. The molecule has 0 radical (unpaired) electrons. The zero-order chi connectivity index (χ0) is 27.6. The Balaban J connectivity index is 1.40. The normalized spacial score (nSPS) is 26.2. The Bertz CT molecular complexity index is 1640. The number of aromatic nitrogens is 2. The summed E-state index contributed by atoms with van der Waals surface area (Å²) in [6.07, 6.45) is 2.65. The molecule has 3 fully saturated rings. The summed E-state index contributed by atoms with van der Waals surface area (Å²) in [6, 6.07) is 11.6. The van der Waals surface area contributed by atoms with Crippen molar-refractivity contribution in [2.75, 3.05) is 37.8 Å². The van der Waals surface area contributed by atoms with E-state index in [1.165, 1.54) is 12.1 Å². The summed E-state index contributed by atoms with van der Waals surface area (Å²) in [6.45, 7) is 4.43. The van der Waals surface area contributed by atoms with Crippen LogP contribution in [0.3, 0.4) is 0 Å². The van der Waals surface area contributed by atoms with Gasteiger partial charge in [0.15, 0.2) is 5.82 Å². The second-order valence-corrected chi connectivity index (χ2v) is 11.8. The summed E-state index contributed by atoms with van der Waals surface area (Å²) in [5, 5.41) is 15.6. The van der Waals surface area contributed by atoms with Gasteiger partial charge < -0.3 is 30.5 Å². The number of piperazine rings is 1. The number of halogens is 2. The molecule has 0 saturated carbocycles. The van der Waals surface area contributed by atoms with E-state index in [2.05, 4.69) is 27.1 Å². The number of ether oxygens (including phenoxy) is 2. The van der Waals surface area contributed by atoms with Crippen LogP contribution >= 0.6 is 0 Å². The van der Waals surface area contributed by atoms with Gasteiger partial charge in [0.2, 0.25) is 0 Å². The molecule has 0 aliphatic carbocycles. The van der Waals surface area contributed by atoms with Crippen molar-refractivity contribution in [2.45, 2.75) is 43.3 Å². The Labute approximate surface area is 230 Å². The minimum Gasteiger partial charge on any atom is -0.508 e. The van der Waals surface area contributed by atoms with Crippen molar-refractivity contribution in [1.29, 1.82) is 0 Å². The van der Waals surface area contributed by atoms with Crippen LogP contribution in [-0.4, -0.2) is 65.1 Å². The summed E-state index contributed by atoms with van der Waals surface area (Å²) in [7, 11) is 0. The Morgan fingerprint density at radius 2 is 2.02 bits per heavy atom. The summed E-state index contributed by atoms with van der Waals surface area (Å²) in [5.41, 5.74) is 5.53. The molecule has 40 heavy (non-hydrogen) atoms. The van der Waals surface area contributed by atoms with Crippen LogP contribution in [0.4, 0.5) is 14.6 Å². The summed E-state index contributed by atoms with van der Waals surface area (Å²) >= 11 is 0. The van der Waals surface area contributed by atoms with Crippen molar-refractivity contribution in [3.63, 3.8) is 0 Å². The first-order chi connectivity index (χ1) is 19.2. The number of hydrogen-bond acceptors (Lipinski definition) is 8. The number of benzene rings is 3. The first-order valence-corrected chi connectivity index (χ1v) is 13.6. The smallest absolute Gasteiger partial charge is 0.319 e. The van der Waals surface area contributed by atoms with Crippen LogP contribution in [0.1, 0.15) is 26.2 Å². The van der Waals surface area contributed by atoms with Gasteiger partial charge in [-0.3, -0.25) is 0 Å². The molecule has 3 aromatic carbocycles. The molecule has 7 rings (SSSR count). The lowest BCUT2D eigenvalue weighted by Crippen LogP contribution is -2.58. The van der Waals surface area contributed by atoms with E-state index in [-0.39, 0.29) is 52.0 Å². The molecule has 0 amide bonds. The number of anilines is 1. The van der Waals surface area contributed by atoms with E-state index in [1.54, 1.807) is 24.3 Å². The van der Waals surface area contributed by atoms with Crippen molar-refractivity contribution in [3.8, 4) is 22.9 Å². The second kappa shape index (κ2) is 9.22. The molecule has 0 spiro atoms. The highest BCUT2D eigenvalue weighted by molar-refractivity contribution is 6.01. The molecule has 3 atom stereocenters. The van der Waals surface area contributed by atoms with E-state index in [4.69, 9.17) is 15.2 Å². The third kappa shape index (κ3) is 4.31. The topological polar surface area (TPSA) is 106 Å². The van der Waals surface area contributed by atoms with Gasteiger partial charge in [-0.2, -0.15) is 9.97 Å². The van der Waals surface area contributed by atoms with E-state index in [0.29, 0.717) is 49.3 Å². The number of nitrogens with two attached hydrogens (primary N) is 1. The molecule has 4 aromatic rings. The van der Waals surface area contributed by atoms with E-state index in [1.807, 2.05) is 6.07 Å². The van der Waals surface area contributed by atoms with Crippen molar-refractivity contribution >= 4 is 27.5 Å². The first kappa shape index (κ1) is 25.4. The molecule has 10 heteroatoms. The first-order valence-electron chi connectivity index (χ1n) is 13.6. The molecule has 208 valence electrons. The molecule has 4 N–H and O–H groups in total. The highest BCUT2D eigenvalue weighted by Gasteiger charge is 2.42. The molecule has 1 aromatic heterocycles. The van der Waals surface area contributed by atoms with Crippen LogP contribution in [0, 0.1) is 11.6 Å². The average Bonchev–Trinajstić information content (AvgIpc) is 3.48. The highest BCUT2D eigenvalue weighted by Crippen LogP contribution is 2.41. The Hall–Kier alpha value is -3.60. The monoisotopic (exact) mass is 547 g/mol. The van der Waals surface area contributed by atoms with Gasteiger partial charge in [-0.1, -0.05) is 24.3 Å². The van der Waals surface area contributed by atoms with Gasteiger partial charge in [-0.05, 0) is 60.7 Å². The van der Waals surface area contributed by atoms with Crippen LogP contribution in [-0.2, 0) is 4.74 Å². The lowest BCUT2D eigenvalue weighted by atomic mass is 9.95. The molecule has 4 heterocycles. The van der Waals surface area contributed by atoms with E-state index in [9.17, 15) is 5.11 Å². The predicted molar refractivity (Wildman–Crippen MR) is 149 cm³/mol. The minimum atomic E-state index is -0.838. The minimum absolute atomic E-state index is 0.0208. The number of nitrogens with one attached hydrogen (secondary N) is 1. The zero-order valence-electron chi connectivity index (χ0n) is 22.2. The maximum atomic E-state index is 16.5. The Morgan fingerprint density at radius 1 is 1.18 bits per heavy atom. The summed E-state index contributed by atoms with van der Waals surface area (Å²) in [5.74, 6) is -1.25. The third-order valence-corrected chi connectivity index (χ3v) is 8.46. The van der Waals surface area contributed by atoms with Gasteiger partial charge in [0, 0.05) is 36.7 Å². The fraction of sp³-hybridized carbons (Fsp3) is 0.400. The quantitative estimate of drug-likeness (QED) is 0.341. The predicted octanol–water partition coefficient (Wildman–Crippen LogP) is 4.26. The molecular formula is C30H31F2N5O3. The zero-order valence-corrected chi connectivity index (χ0v) is 22.2. The number of fused-ring (bicyclic) bond motifs is 4. The van der Waals surface area contributed by atoms with Gasteiger partial charge in [0.05, 0.1) is 17.7 Å². The maximum Gasteiger partial charge on any atom is 0.319 e. The maximum absolute atomic E-state index is 16.5. The van der Waals surface area contributed by atoms with Crippen molar-refractivity contribution in [2.24, 2.45) is 5.73 Å². The molecule has 3 aliphatic rings. The third-order valence-electron chi connectivity index (χ3n) is 8.46. The molecule has 3 saturated heterocycles. The SMILES string of the molecule is C[C@]12CC[C@H](CN(c3nc(OCC4(N)CCOC4)nc4c(F)c(-c5cc(O)cc6ccccc56)c(F)cc34)C1)N2. The Morgan fingerprint density at radius 3 is 2.83 bits per heavy atom. The number of rotatable bonds is 5. The van der Waals surface area contributed by atoms with Crippen LogP contribution in [0.2, 0.25) is 0 Å². The standard InChI is InChI=1S/C30H31F2N5O3/c1-29-7-6-18(36-29)13-37(14-29)27-22-12-23(31)24(21-11-19(38)10-17-4-2-3-5-20(17)21)25(32)26(22)34-28(35-27)40-16-30(33)8-9-39-15-30/h2-5,10-12,18,36,38H,6-9,13-16,33H2,1H3/t18-,29+,30?/m1/s1. The van der Waals surface area contributed by atoms with Gasteiger partial charge in [-0.15, -0.1) is 0 Å². The van der Waals surface area contributed by atoms with Gasteiger partial charge in [-0.25, -0.2) is 8.78 Å². The summed E-state index contributed by atoms with van der Waals surface area (Å²) in [4.78, 5) is 11.2. The van der Waals surface area contributed by atoms with Crippen molar-refractivity contribution < 1.29 is 23.4 Å². The number of phenols is 1. The molecular weight excluding hydrogens is 516 g/mol. The van der Waals surface area contributed by atoms with E-state index >= 15 is 8.78 Å². The lowest BCUT2D eigenvalue weighted by Gasteiger charge is -2.40. The largest absolute Gasteiger partial charge is 0.508 e. The molecule has 1 unspecified atom stereocenters. The summed E-state index contributed by atoms with van der Waals surface area (Å²) < 4.78 is 43.9. The number of nitrogens with zero attached hydrogens (tertiary/aromatic N) is 3. The molecule has 2 bridgehead atoms. The Kier molecular flexibility index (Phi) is 5.85. The van der Waals surface area contributed by atoms with Crippen molar-refractivity contribution in [3.05, 3.63) is 54.1 Å². The van der Waals surface area contributed by atoms with Gasteiger partial charge >= 0.3 is 6.01 Å². The average molecular weight is 548 g/mol. The second-order valence-electron chi connectivity index (χ2n) is 11.8. The van der Waals surface area contributed by atoms with Crippen molar-refractivity contribution in [1.82, 2.24) is 15.3 Å². The molecule has 3 aliphatic heterocycles. The van der Waals surface area contributed by atoms with Gasteiger partial charge in [0.25, 0.3) is 0 Å². The van der Waals surface area contributed by atoms with Crippen LogP contribution in [0.25, 0.3) is 32.8 Å². The van der Waals surface area contributed by atoms with E-state index in [0.717, 1.165) is 12.8 Å². The number of phenolic OH excluding ortho intramolecular Hbond substituents is 1. The van der Waals surface area contributed by atoms with Crippen LogP contribution in [0.5, 0.6) is 11.8 Å². The fourth-order valence-electron chi connectivity index (χ4n) is 6.46. The van der Waals surface area contributed by atoms with Crippen LogP contribution in [0.15, 0.2) is 42.5 Å². The van der Waals surface area contributed by atoms with Crippen LogP contribution < -0.4 is 20.7 Å². The van der Waals surface area contributed by atoms with E-state index < -0.39 is 17.2 Å². The molecule has 8 nitrogen and oxygen atoms in total.